The number of hydrogen-bond acceptors (Lipinski definition) is 11. The number of ketones is 2. The first kappa shape index (κ1) is 31.7. The molecule has 36 heavy (non-hydrogen) atoms. The maximum absolute atomic E-state index is 12.8. The van der Waals surface area contributed by atoms with Gasteiger partial charge in [-0.1, -0.05) is 25.6 Å². The van der Waals surface area contributed by atoms with E-state index in [2.05, 4.69) is 15.4 Å². The van der Waals surface area contributed by atoms with Crippen LogP contribution in [0.25, 0.3) is 0 Å². The molecule has 1 fully saturated rings. The highest BCUT2D eigenvalue weighted by atomic mass is 32.2. The van der Waals surface area contributed by atoms with E-state index in [-0.39, 0.29) is 80.1 Å². The van der Waals surface area contributed by atoms with Crippen molar-refractivity contribution in [1.82, 2.24) is 10.6 Å². The van der Waals surface area contributed by atoms with Gasteiger partial charge in [0, 0.05) is 44.2 Å². The molecule has 12 nitrogen and oxygen atoms in total. The first-order valence-corrected chi connectivity index (χ1v) is 12.5. The molecular weight excluding hydrogens is 496 g/mol. The monoisotopic (exact) mass is 532 g/mol. The molecular formula is C23H36N2O10S. The number of carbonyl (C=O) groups excluding carboxylic acids is 6. The smallest absolute Gasteiger partial charge is 0.305 e. The van der Waals surface area contributed by atoms with Crippen LogP contribution in [0.4, 0.5) is 0 Å². The number of nitrogens with one attached hydrogen (secondary N) is 2. The average molecular weight is 533 g/mol. The maximum atomic E-state index is 12.8. The zero-order valence-corrected chi connectivity index (χ0v) is 22.2. The molecule has 1 saturated heterocycles. The summed E-state index contributed by atoms with van der Waals surface area (Å²) in [4.78, 5) is 70.8. The van der Waals surface area contributed by atoms with Crippen LogP contribution >= 0.6 is 11.8 Å². The summed E-state index contributed by atoms with van der Waals surface area (Å²) in [5, 5.41) is 4.95. The van der Waals surface area contributed by atoms with Gasteiger partial charge in [-0.15, -0.1) is 0 Å². The van der Waals surface area contributed by atoms with Gasteiger partial charge in [0.05, 0.1) is 33.0 Å². The third kappa shape index (κ3) is 11.1. The van der Waals surface area contributed by atoms with E-state index in [1.54, 1.807) is 13.8 Å². The number of Topliss-reactive ketones (excluding diaryl/α,β-unsaturated/α-hetero) is 2. The Hall–Kier alpha value is -2.35. The predicted octanol–water partition coefficient (Wildman–Crippen LogP) is 0.502. The van der Waals surface area contributed by atoms with Gasteiger partial charge < -0.3 is 29.6 Å². The lowest BCUT2D eigenvalue weighted by Gasteiger charge is -2.46. The molecule has 1 aliphatic rings. The molecule has 0 aromatic heterocycles. The molecule has 0 aromatic rings. The van der Waals surface area contributed by atoms with Gasteiger partial charge in [0.1, 0.15) is 17.7 Å². The fourth-order valence-corrected chi connectivity index (χ4v) is 3.90. The summed E-state index contributed by atoms with van der Waals surface area (Å²) in [6.07, 6.45) is -1.55. The lowest BCUT2D eigenvalue weighted by atomic mass is 9.85. The van der Waals surface area contributed by atoms with Crippen molar-refractivity contribution in [2.45, 2.75) is 65.0 Å². The summed E-state index contributed by atoms with van der Waals surface area (Å²) in [6.45, 7) is 5.31. The molecule has 0 radical (unpaired) electrons. The van der Waals surface area contributed by atoms with Crippen molar-refractivity contribution in [1.29, 1.82) is 0 Å². The second-order valence-electron chi connectivity index (χ2n) is 8.94. The molecule has 2 atom stereocenters. The standard InChI is InChI=1S/C23H36N2O10S/c1-15(26)13-23(33-5)34-14-22(2,3)20(35-23)21(31)25-9-8-17(28)24-10-11-36-19(30)12-16(27)6-7-18(29)32-4/h20H,6-14H2,1-5H3,(H,24,28)(H,25,31)/t20-,23?/m0/s1. The van der Waals surface area contributed by atoms with Gasteiger partial charge in [-0.3, -0.25) is 28.8 Å². The van der Waals surface area contributed by atoms with Crippen LogP contribution in [0, 0.1) is 5.41 Å². The van der Waals surface area contributed by atoms with E-state index in [4.69, 9.17) is 14.2 Å². The van der Waals surface area contributed by atoms with Crippen molar-refractivity contribution >= 4 is 46.2 Å². The van der Waals surface area contributed by atoms with Gasteiger partial charge in [0.25, 0.3) is 5.97 Å². The Morgan fingerprint density at radius 2 is 1.69 bits per heavy atom. The highest BCUT2D eigenvalue weighted by Crippen LogP contribution is 2.37. The molecule has 0 spiro atoms. The normalized spacial score (nSPS) is 20.8. The summed E-state index contributed by atoms with van der Waals surface area (Å²) in [7, 11) is 2.55. The number of thioether (sulfide) groups is 1. The van der Waals surface area contributed by atoms with E-state index in [1.807, 2.05) is 0 Å². The summed E-state index contributed by atoms with van der Waals surface area (Å²) in [5.74, 6) is -3.23. The van der Waals surface area contributed by atoms with Gasteiger partial charge in [-0.2, -0.15) is 0 Å². The van der Waals surface area contributed by atoms with Crippen LogP contribution in [-0.2, 0) is 47.7 Å². The molecule has 1 heterocycles. The summed E-state index contributed by atoms with van der Waals surface area (Å²) in [6, 6.07) is 0. The van der Waals surface area contributed by atoms with E-state index in [0.29, 0.717) is 0 Å². The molecule has 2 amide bonds. The lowest BCUT2D eigenvalue weighted by Crippen LogP contribution is -2.59. The molecule has 204 valence electrons. The van der Waals surface area contributed by atoms with E-state index in [1.165, 1.54) is 21.1 Å². The van der Waals surface area contributed by atoms with Crippen LogP contribution in [-0.4, -0.2) is 86.2 Å². The molecule has 1 unspecified atom stereocenters. The van der Waals surface area contributed by atoms with Crippen molar-refractivity contribution in [2.24, 2.45) is 5.41 Å². The Morgan fingerprint density at radius 3 is 2.31 bits per heavy atom. The van der Waals surface area contributed by atoms with Crippen LogP contribution in [0.1, 0.15) is 52.9 Å². The second kappa shape index (κ2) is 15.0. The highest BCUT2D eigenvalue weighted by molar-refractivity contribution is 8.13. The Labute approximate surface area is 214 Å². The zero-order valence-electron chi connectivity index (χ0n) is 21.4. The molecule has 0 saturated carbocycles. The predicted molar refractivity (Wildman–Crippen MR) is 129 cm³/mol. The lowest BCUT2D eigenvalue weighted by molar-refractivity contribution is -0.421. The summed E-state index contributed by atoms with van der Waals surface area (Å²) < 4.78 is 21.1. The van der Waals surface area contributed by atoms with Crippen LogP contribution in [0.15, 0.2) is 0 Å². The Kier molecular flexibility index (Phi) is 13.2. The fraction of sp³-hybridized carbons (Fsp3) is 0.739. The second-order valence-corrected chi connectivity index (χ2v) is 10.1. The number of carbonyl (C=O) groups is 6. The van der Waals surface area contributed by atoms with Gasteiger partial charge >= 0.3 is 5.97 Å². The van der Waals surface area contributed by atoms with Crippen molar-refractivity contribution in [3.63, 3.8) is 0 Å². The van der Waals surface area contributed by atoms with E-state index in [0.717, 1.165) is 11.8 Å². The molecule has 1 aliphatic heterocycles. The number of ether oxygens (including phenoxy) is 4. The van der Waals surface area contributed by atoms with Crippen molar-refractivity contribution in [2.75, 3.05) is 39.7 Å². The zero-order chi connectivity index (χ0) is 27.4. The van der Waals surface area contributed by atoms with Gasteiger partial charge in [0.15, 0.2) is 5.12 Å². The van der Waals surface area contributed by atoms with Crippen LogP contribution in [0.5, 0.6) is 0 Å². The largest absolute Gasteiger partial charge is 0.469 e. The number of hydrogen-bond donors (Lipinski definition) is 2. The van der Waals surface area contributed by atoms with Crippen molar-refractivity contribution in [3.05, 3.63) is 0 Å². The van der Waals surface area contributed by atoms with Gasteiger partial charge in [-0.25, -0.2) is 0 Å². The molecule has 0 aliphatic carbocycles. The first-order valence-electron chi connectivity index (χ1n) is 11.5. The quantitative estimate of drug-likeness (QED) is 0.171. The number of amides is 2. The fourth-order valence-electron chi connectivity index (χ4n) is 3.21. The Morgan fingerprint density at radius 1 is 1.00 bits per heavy atom. The molecule has 0 aromatic carbocycles. The van der Waals surface area contributed by atoms with Gasteiger partial charge in [-0.05, 0) is 6.92 Å². The third-order valence-electron chi connectivity index (χ3n) is 5.20. The molecule has 1 rings (SSSR count). The van der Waals surface area contributed by atoms with E-state index >= 15 is 0 Å². The number of rotatable bonds is 15. The topological polar surface area (TPSA) is 163 Å². The van der Waals surface area contributed by atoms with Crippen LogP contribution in [0.3, 0.4) is 0 Å². The van der Waals surface area contributed by atoms with E-state index in [9.17, 15) is 28.8 Å². The molecule has 0 bridgehead atoms. The molecule has 2 N–H and O–H groups in total. The average Bonchev–Trinajstić information content (AvgIpc) is 2.81. The van der Waals surface area contributed by atoms with Crippen molar-refractivity contribution < 1.29 is 47.7 Å². The first-order chi connectivity index (χ1) is 16.8. The minimum Gasteiger partial charge on any atom is -0.469 e. The highest BCUT2D eigenvalue weighted by Gasteiger charge is 2.50. The third-order valence-corrected chi connectivity index (χ3v) is 6.08. The van der Waals surface area contributed by atoms with E-state index < -0.39 is 29.4 Å². The minimum atomic E-state index is -1.64. The number of methoxy groups -OCH3 is 2. The Bertz CT molecular complexity index is 832. The summed E-state index contributed by atoms with van der Waals surface area (Å²) in [5.41, 5.74) is -0.699. The maximum Gasteiger partial charge on any atom is 0.305 e. The SMILES string of the molecule is COC(=O)CCC(=O)CC(=O)SCCNC(=O)CCNC(=O)[C@@H]1OC(CC(C)=O)(OC)OCC1(C)C. The van der Waals surface area contributed by atoms with Gasteiger partial charge in [0.2, 0.25) is 11.8 Å². The Balaban J connectivity index is 2.34. The summed E-state index contributed by atoms with van der Waals surface area (Å²) >= 11 is 0.915. The molecule has 13 heteroatoms. The van der Waals surface area contributed by atoms with Crippen LogP contribution < -0.4 is 10.6 Å². The van der Waals surface area contributed by atoms with Crippen molar-refractivity contribution in [3.8, 4) is 0 Å². The minimum absolute atomic E-state index is 0.00286. The number of esters is 1. The van der Waals surface area contributed by atoms with Crippen LogP contribution in [0.2, 0.25) is 0 Å².